The number of hydrogen-bond donors (Lipinski definition) is 1. The van der Waals surface area contributed by atoms with Crippen molar-refractivity contribution in [2.24, 2.45) is 0 Å². The summed E-state index contributed by atoms with van der Waals surface area (Å²) in [4.78, 5) is 18.4. The zero-order chi connectivity index (χ0) is 29.3. The number of likely N-dealkylation sites (N-methyl/N-ethyl adjacent to an activating group) is 1. The van der Waals surface area contributed by atoms with Crippen molar-refractivity contribution in [3.8, 4) is 11.8 Å². The van der Waals surface area contributed by atoms with Gasteiger partial charge in [0, 0.05) is 44.6 Å². The Morgan fingerprint density at radius 2 is 2.18 bits per heavy atom. The van der Waals surface area contributed by atoms with Crippen LogP contribution in [0.5, 0.6) is 5.75 Å². The summed E-state index contributed by atoms with van der Waals surface area (Å²) < 4.78 is 67.2. The van der Waals surface area contributed by atoms with E-state index in [0.717, 1.165) is 4.90 Å². The van der Waals surface area contributed by atoms with Gasteiger partial charge < -0.3 is 15.0 Å². The van der Waals surface area contributed by atoms with Gasteiger partial charge in [0.05, 0.1) is 28.8 Å². The maximum atomic E-state index is 13.8. The lowest BCUT2D eigenvalue weighted by molar-refractivity contribution is -0.114. The van der Waals surface area contributed by atoms with Crippen LogP contribution in [-0.2, 0) is 11.2 Å². The summed E-state index contributed by atoms with van der Waals surface area (Å²) in [5.74, 6) is -1.33. The normalized spacial score (nSPS) is 15.3. The molecule has 0 fully saturated rings. The second kappa shape index (κ2) is 10.7. The minimum absolute atomic E-state index is 0.0425. The molecule has 0 bridgehead atoms. The highest BCUT2D eigenvalue weighted by Crippen LogP contribution is 2.34. The second-order valence-corrected chi connectivity index (χ2v) is 7.39. The maximum absolute atomic E-state index is 13.8. The number of nitrogens with zero attached hydrogens (tertiary/aromatic N) is 3. The van der Waals surface area contributed by atoms with Crippen molar-refractivity contribution in [3.05, 3.63) is 71.1 Å². The third-order valence-corrected chi connectivity index (χ3v) is 4.64. The number of pyridine rings is 1. The molecule has 1 aromatic heterocycles. The number of carbonyl (C=O) groups is 1. The first-order valence-electron chi connectivity index (χ1n) is 13.0. The van der Waals surface area contributed by atoms with E-state index in [2.05, 4.69) is 10.3 Å². The number of hydrogen-bond acceptors (Lipinski definition) is 6. The Hall–Kier alpha value is -3.76. The van der Waals surface area contributed by atoms with Crippen LogP contribution in [0.3, 0.4) is 0 Å². The number of rotatable bonds is 9. The van der Waals surface area contributed by atoms with E-state index in [-0.39, 0.29) is 16.9 Å². The molecule has 0 spiro atoms. The Bertz CT molecular complexity index is 1510. The largest absolute Gasteiger partial charge is 0.494 e. The number of aromatic nitrogens is 1. The molecule has 0 saturated heterocycles. The Kier molecular flexibility index (Phi) is 5.46. The molecule has 0 unspecified atom stereocenters. The Morgan fingerprint density at radius 1 is 1.39 bits per heavy atom. The van der Waals surface area contributed by atoms with E-state index in [9.17, 15) is 14.4 Å². The van der Waals surface area contributed by atoms with Crippen LogP contribution in [-0.4, -0.2) is 42.8 Å². The van der Waals surface area contributed by atoms with Crippen molar-refractivity contribution >= 4 is 28.1 Å². The SMILES string of the molecule is [2H]/C(C(=O)Cc1cc2c(Nc3ccc(F)c(C)c3)c(C#N)cnc2cc1OC([2H])([2H])C)=C(/[2H])C([2H])([2H])N(C)C. The van der Waals surface area contributed by atoms with Gasteiger partial charge in [-0.3, -0.25) is 9.78 Å². The van der Waals surface area contributed by atoms with Crippen LogP contribution in [0.15, 0.2) is 48.6 Å². The smallest absolute Gasteiger partial charge is 0.159 e. The van der Waals surface area contributed by atoms with Crippen LogP contribution in [0.4, 0.5) is 15.8 Å². The summed E-state index contributed by atoms with van der Waals surface area (Å²) in [7, 11) is 2.75. The van der Waals surface area contributed by atoms with E-state index in [4.69, 9.17) is 13.0 Å². The molecule has 170 valence electrons. The van der Waals surface area contributed by atoms with Crippen LogP contribution in [0, 0.1) is 24.1 Å². The van der Waals surface area contributed by atoms with Gasteiger partial charge in [0.2, 0.25) is 0 Å². The predicted octanol–water partition coefficient (Wildman–Crippen LogP) is 4.93. The van der Waals surface area contributed by atoms with Crippen LogP contribution in [0.1, 0.15) is 31.8 Å². The Morgan fingerprint density at radius 3 is 2.85 bits per heavy atom. The van der Waals surface area contributed by atoms with Crippen molar-refractivity contribution in [1.82, 2.24) is 9.88 Å². The van der Waals surface area contributed by atoms with E-state index in [1.54, 1.807) is 13.0 Å². The topological polar surface area (TPSA) is 78.2 Å². The van der Waals surface area contributed by atoms with E-state index in [1.165, 1.54) is 51.5 Å². The van der Waals surface area contributed by atoms with Gasteiger partial charge in [-0.25, -0.2) is 4.39 Å². The van der Waals surface area contributed by atoms with Crippen molar-refractivity contribution in [2.75, 3.05) is 32.5 Å². The molecule has 0 aliphatic carbocycles. The Labute approximate surface area is 201 Å². The minimum Gasteiger partial charge on any atom is -0.494 e. The highest BCUT2D eigenvalue weighted by Gasteiger charge is 2.16. The summed E-state index contributed by atoms with van der Waals surface area (Å²) in [5.41, 5.74) is 1.76. The molecule has 1 N–H and O–H groups in total. The van der Waals surface area contributed by atoms with Gasteiger partial charge in [0.15, 0.2) is 5.78 Å². The quantitative estimate of drug-likeness (QED) is 0.464. The molecular formula is C26H27FN4O2. The summed E-state index contributed by atoms with van der Waals surface area (Å²) in [6.07, 6.45) is 0.800. The molecule has 3 rings (SSSR count). The molecule has 7 heteroatoms. The first-order chi connectivity index (χ1) is 18.0. The number of anilines is 2. The van der Waals surface area contributed by atoms with Crippen molar-refractivity contribution < 1.29 is 22.1 Å². The number of benzene rings is 2. The zero-order valence-corrected chi connectivity index (χ0v) is 18.7. The number of ketones is 1. The first-order valence-corrected chi connectivity index (χ1v) is 10.0. The number of allylic oxidation sites excluding steroid dienone is 1. The van der Waals surface area contributed by atoms with Crippen molar-refractivity contribution in [3.63, 3.8) is 0 Å². The molecule has 6 nitrogen and oxygen atoms in total. The van der Waals surface area contributed by atoms with Gasteiger partial charge in [0.1, 0.15) is 17.6 Å². The van der Waals surface area contributed by atoms with E-state index >= 15 is 0 Å². The fourth-order valence-electron chi connectivity index (χ4n) is 3.12. The number of halogens is 1. The number of nitrogens with one attached hydrogen (secondary N) is 1. The van der Waals surface area contributed by atoms with Crippen molar-refractivity contribution in [2.45, 2.75) is 20.3 Å². The summed E-state index contributed by atoms with van der Waals surface area (Å²) in [5, 5.41) is 13.2. The highest BCUT2D eigenvalue weighted by atomic mass is 19.1. The summed E-state index contributed by atoms with van der Waals surface area (Å²) >= 11 is 0. The van der Waals surface area contributed by atoms with E-state index in [0.29, 0.717) is 27.8 Å². The average molecular weight is 453 g/mol. The van der Waals surface area contributed by atoms with Gasteiger partial charge >= 0.3 is 0 Å². The zero-order valence-electron chi connectivity index (χ0n) is 24.7. The van der Waals surface area contributed by atoms with E-state index < -0.39 is 43.2 Å². The number of carbonyl (C=O) groups excluding carboxylic acids is 1. The molecular weight excluding hydrogens is 419 g/mol. The third kappa shape index (κ3) is 5.93. The summed E-state index contributed by atoms with van der Waals surface area (Å²) in [6.45, 7) is -1.75. The third-order valence-electron chi connectivity index (χ3n) is 4.64. The first kappa shape index (κ1) is 16.8. The molecule has 0 amide bonds. The van der Waals surface area contributed by atoms with Crippen molar-refractivity contribution in [1.29, 1.82) is 5.26 Å². The average Bonchev–Trinajstić information content (AvgIpc) is 2.84. The number of aryl methyl sites for hydroxylation is 1. The summed E-state index contributed by atoms with van der Waals surface area (Å²) in [6, 6.07) is 7.57. The van der Waals surface area contributed by atoms with Crippen LogP contribution in [0.25, 0.3) is 10.9 Å². The molecule has 0 aliphatic heterocycles. The van der Waals surface area contributed by atoms with Gasteiger partial charge in [-0.2, -0.15) is 5.26 Å². The fraction of sp³-hybridized carbons (Fsp3) is 0.269. The van der Waals surface area contributed by atoms with Crippen LogP contribution < -0.4 is 10.1 Å². The highest BCUT2D eigenvalue weighted by molar-refractivity contribution is 5.98. The molecule has 0 radical (unpaired) electrons. The molecule has 0 saturated carbocycles. The van der Waals surface area contributed by atoms with Gasteiger partial charge in [0.25, 0.3) is 0 Å². The fourth-order valence-corrected chi connectivity index (χ4v) is 3.12. The van der Waals surface area contributed by atoms with Gasteiger partial charge in [-0.1, -0.05) is 6.05 Å². The van der Waals surface area contributed by atoms with Gasteiger partial charge in [-0.05, 0) is 63.8 Å². The number of ether oxygens (including phenoxy) is 1. The monoisotopic (exact) mass is 452 g/mol. The molecule has 3 aromatic rings. The maximum Gasteiger partial charge on any atom is 0.159 e. The van der Waals surface area contributed by atoms with Gasteiger partial charge in [-0.15, -0.1) is 0 Å². The molecule has 0 atom stereocenters. The van der Waals surface area contributed by atoms with Crippen LogP contribution >= 0.6 is 0 Å². The lowest BCUT2D eigenvalue weighted by atomic mass is 10.0. The molecule has 0 aliphatic rings. The number of fused-ring (bicyclic) bond motifs is 1. The molecule has 1 heterocycles. The molecule has 33 heavy (non-hydrogen) atoms. The Balaban J connectivity index is 2.19. The molecule has 2 aromatic carbocycles. The predicted molar refractivity (Wildman–Crippen MR) is 128 cm³/mol. The lowest BCUT2D eigenvalue weighted by Gasteiger charge is -2.15. The standard InChI is InChI=1S/C26H27FN4O2/c1-5-33-25-14-24-22(13-18(25)12-21(32)7-6-10-31(3)4)26(19(15-28)16-29-24)30-20-8-9-23(27)17(2)11-20/h6-9,11,13-14,16H,5,10,12H2,1-4H3,(H,29,30)/b7-6+/i5D2,6D,7D,10D2. The number of nitriles is 1. The lowest BCUT2D eigenvalue weighted by Crippen LogP contribution is -2.11. The van der Waals surface area contributed by atoms with E-state index in [1.807, 2.05) is 6.07 Å². The van der Waals surface area contributed by atoms with Crippen LogP contribution in [0.2, 0.25) is 0 Å². The minimum atomic E-state index is -2.37. The second-order valence-electron chi connectivity index (χ2n) is 7.39.